The second kappa shape index (κ2) is 10.1. The second-order valence-corrected chi connectivity index (χ2v) is 11.0. The van der Waals surface area contributed by atoms with Gasteiger partial charge in [0.25, 0.3) is 5.91 Å². The van der Waals surface area contributed by atoms with Crippen LogP contribution in [0, 0.1) is 12.8 Å². The Hall–Kier alpha value is -1.93. The van der Waals surface area contributed by atoms with Gasteiger partial charge in [-0.2, -0.15) is 0 Å². The fourth-order valence-electron chi connectivity index (χ4n) is 4.54. The molecule has 0 radical (unpaired) electrons. The van der Waals surface area contributed by atoms with Gasteiger partial charge in [0.1, 0.15) is 5.75 Å². The molecule has 1 aromatic carbocycles. The van der Waals surface area contributed by atoms with Crippen molar-refractivity contribution in [1.29, 1.82) is 0 Å². The van der Waals surface area contributed by atoms with Crippen molar-refractivity contribution in [2.24, 2.45) is 5.92 Å². The largest absolute Gasteiger partial charge is 0.336 e. The molecule has 31 heavy (non-hydrogen) atoms. The SMILES string of the molecule is Cc1cc(C(=O)N2CCCCC2C)ccc1NC(=O)CS(=O)(=O)NC1CCC(C)CC1. The second-order valence-electron chi connectivity index (χ2n) is 9.25. The third-order valence-electron chi connectivity index (χ3n) is 6.49. The van der Waals surface area contributed by atoms with Crippen molar-refractivity contribution in [1.82, 2.24) is 9.62 Å². The van der Waals surface area contributed by atoms with E-state index in [0.717, 1.165) is 57.1 Å². The Labute approximate surface area is 186 Å². The molecule has 1 unspecified atom stereocenters. The van der Waals surface area contributed by atoms with E-state index in [-0.39, 0.29) is 18.0 Å². The van der Waals surface area contributed by atoms with E-state index < -0.39 is 21.7 Å². The van der Waals surface area contributed by atoms with Gasteiger partial charge >= 0.3 is 0 Å². The number of likely N-dealkylation sites (tertiary alicyclic amines) is 1. The van der Waals surface area contributed by atoms with Gasteiger partial charge in [-0.3, -0.25) is 9.59 Å². The highest BCUT2D eigenvalue weighted by molar-refractivity contribution is 7.90. The number of amides is 2. The van der Waals surface area contributed by atoms with E-state index in [9.17, 15) is 18.0 Å². The van der Waals surface area contributed by atoms with Gasteiger partial charge in [0, 0.05) is 29.9 Å². The Bertz CT molecular complexity index is 907. The molecule has 1 aliphatic carbocycles. The summed E-state index contributed by atoms with van der Waals surface area (Å²) in [6.07, 6.45) is 6.80. The Morgan fingerprint density at radius 2 is 1.77 bits per heavy atom. The Balaban J connectivity index is 1.58. The molecule has 3 rings (SSSR count). The molecule has 8 heteroatoms. The van der Waals surface area contributed by atoms with Crippen LogP contribution in [-0.4, -0.2) is 49.5 Å². The lowest BCUT2D eigenvalue weighted by Crippen LogP contribution is -2.42. The maximum Gasteiger partial charge on any atom is 0.254 e. The number of nitrogens with one attached hydrogen (secondary N) is 2. The van der Waals surface area contributed by atoms with E-state index in [0.29, 0.717) is 17.2 Å². The van der Waals surface area contributed by atoms with Crippen LogP contribution in [0.4, 0.5) is 5.69 Å². The summed E-state index contributed by atoms with van der Waals surface area (Å²) in [6.45, 7) is 6.82. The zero-order valence-electron chi connectivity index (χ0n) is 18.8. The molecule has 0 aromatic heterocycles. The first kappa shape index (κ1) is 23.7. The van der Waals surface area contributed by atoms with Crippen LogP contribution in [0.5, 0.6) is 0 Å². The Kier molecular flexibility index (Phi) is 7.75. The fraction of sp³-hybridized carbons (Fsp3) is 0.652. The summed E-state index contributed by atoms with van der Waals surface area (Å²) in [4.78, 5) is 27.1. The monoisotopic (exact) mass is 449 g/mol. The minimum Gasteiger partial charge on any atom is -0.336 e. The van der Waals surface area contributed by atoms with E-state index >= 15 is 0 Å². The molecule has 1 aliphatic heterocycles. The number of anilines is 1. The third kappa shape index (κ3) is 6.53. The predicted octanol–water partition coefficient (Wildman–Crippen LogP) is 3.45. The van der Waals surface area contributed by atoms with Crippen LogP contribution in [0.3, 0.4) is 0 Å². The molecule has 1 heterocycles. The number of nitrogens with zero attached hydrogens (tertiary/aromatic N) is 1. The maximum absolute atomic E-state index is 12.8. The standard InChI is InChI=1S/C23H35N3O4S/c1-16-7-10-20(11-8-16)25-31(29,30)15-22(27)24-21-12-9-19(14-17(21)2)23(28)26-13-5-4-6-18(26)3/h9,12,14,16,18,20,25H,4-8,10-11,13,15H2,1-3H3,(H,24,27). The molecule has 7 nitrogen and oxygen atoms in total. The molecule has 2 N–H and O–H groups in total. The number of piperidine rings is 1. The normalized spacial score (nSPS) is 24.6. The molecule has 1 aromatic rings. The number of hydrogen-bond donors (Lipinski definition) is 2. The van der Waals surface area contributed by atoms with E-state index in [1.54, 1.807) is 18.2 Å². The summed E-state index contributed by atoms with van der Waals surface area (Å²) in [7, 11) is -3.70. The van der Waals surface area contributed by atoms with Crippen LogP contribution in [-0.2, 0) is 14.8 Å². The highest BCUT2D eigenvalue weighted by atomic mass is 32.2. The lowest BCUT2D eigenvalue weighted by atomic mass is 9.88. The molecular weight excluding hydrogens is 414 g/mol. The summed E-state index contributed by atoms with van der Waals surface area (Å²) in [6, 6.07) is 5.28. The molecular formula is C23H35N3O4S. The van der Waals surface area contributed by atoms with Crippen LogP contribution >= 0.6 is 0 Å². The van der Waals surface area contributed by atoms with Crippen molar-refractivity contribution in [3.63, 3.8) is 0 Å². The molecule has 1 atom stereocenters. The van der Waals surface area contributed by atoms with Gasteiger partial charge in [-0.1, -0.05) is 6.92 Å². The lowest BCUT2D eigenvalue weighted by Gasteiger charge is -2.33. The summed E-state index contributed by atoms with van der Waals surface area (Å²) < 4.78 is 27.5. The first-order chi connectivity index (χ1) is 14.6. The molecule has 172 valence electrons. The van der Waals surface area contributed by atoms with E-state index in [1.165, 1.54) is 0 Å². The Morgan fingerprint density at radius 3 is 2.42 bits per heavy atom. The molecule has 2 aliphatic rings. The average molecular weight is 450 g/mol. The van der Waals surface area contributed by atoms with Crippen molar-refractivity contribution >= 4 is 27.5 Å². The molecule has 2 amide bonds. The molecule has 0 bridgehead atoms. The summed E-state index contributed by atoms with van der Waals surface area (Å²) in [5, 5.41) is 2.68. The first-order valence-corrected chi connectivity index (χ1v) is 13.0. The number of aryl methyl sites for hydroxylation is 1. The summed E-state index contributed by atoms with van der Waals surface area (Å²) >= 11 is 0. The van der Waals surface area contributed by atoms with Crippen molar-refractivity contribution in [2.75, 3.05) is 17.6 Å². The van der Waals surface area contributed by atoms with Crippen LogP contribution in [0.15, 0.2) is 18.2 Å². The smallest absolute Gasteiger partial charge is 0.254 e. The number of benzene rings is 1. The molecule has 1 saturated heterocycles. The number of carbonyl (C=O) groups excluding carboxylic acids is 2. The van der Waals surface area contributed by atoms with Crippen molar-refractivity contribution < 1.29 is 18.0 Å². The highest BCUT2D eigenvalue weighted by Crippen LogP contribution is 2.24. The van der Waals surface area contributed by atoms with Crippen LogP contribution < -0.4 is 10.0 Å². The minimum absolute atomic E-state index is 0.00162. The number of sulfonamides is 1. The van der Waals surface area contributed by atoms with E-state index in [4.69, 9.17) is 0 Å². The van der Waals surface area contributed by atoms with Gasteiger partial charge in [-0.25, -0.2) is 13.1 Å². The number of hydrogen-bond acceptors (Lipinski definition) is 4. The van der Waals surface area contributed by atoms with Gasteiger partial charge in [-0.15, -0.1) is 0 Å². The number of carbonyl (C=O) groups is 2. The van der Waals surface area contributed by atoms with Crippen LogP contribution in [0.1, 0.15) is 74.7 Å². The zero-order valence-corrected chi connectivity index (χ0v) is 19.6. The highest BCUT2D eigenvalue weighted by Gasteiger charge is 2.26. The lowest BCUT2D eigenvalue weighted by molar-refractivity contribution is -0.113. The fourth-order valence-corrected chi connectivity index (χ4v) is 5.78. The van der Waals surface area contributed by atoms with Crippen LogP contribution in [0.25, 0.3) is 0 Å². The van der Waals surface area contributed by atoms with Gasteiger partial charge in [0.15, 0.2) is 0 Å². The maximum atomic E-state index is 12.8. The topological polar surface area (TPSA) is 95.6 Å². The quantitative estimate of drug-likeness (QED) is 0.695. The molecule has 0 spiro atoms. The van der Waals surface area contributed by atoms with E-state index in [1.807, 2.05) is 11.8 Å². The summed E-state index contributed by atoms with van der Waals surface area (Å²) in [5.41, 5.74) is 1.84. The first-order valence-electron chi connectivity index (χ1n) is 11.4. The minimum atomic E-state index is -3.70. The van der Waals surface area contributed by atoms with Gasteiger partial charge in [-0.05, 0) is 88.5 Å². The zero-order chi connectivity index (χ0) is 22.6. The molecule has 2 fully saturated rings. The summed E-state index contributed by atoms with van der Waals surface area (Å²) in [5.74, 6) is -0.560. The van der Waals surface area contributed by atoms with Gasteiger partial charge in [0.05, 0.1) is 0 Å². The predicted molar refractivity (Wildman–Crippen MR) is 123 cm³/mol. The van der Waals surface area contributed by atoms with Crippen molar-refractivity contribution in [2.45, 2.75) is 77.8 Å². The van der Waals surface area contributed by atoms with Crippen LogP contribution in [0.2, 0.25) is 0 Å². The van der Waals surface area contributed by atoms with Crippen molar-refractivity contribution in [3.8, 4) is 0 Å². The van der Waals surface area contributed by atoms with E-state index in [2.05, 4.69) is 23.9 Å². The third-order valence-corrected chi connectivity index (χ3v) is 7.83. The van der Waals surface area contributed by atoms with Gasteiger partial charge in [0.2, 0.25) is 15.9 Å². The average Bonchev–Trinajstić information content (AvgIpc) is 2.70. The van der Waals surface area contributed by atoms with Crippen molar-refractivity contribution in [3.05, 3.63) is 29.3 Å². The number of rotatable bonds is 6. The van der Waals surface area contributed by atoms with Gasteiger partial charge < -0.3 is 10.2 Å². The Morgan fingerprint density at radius 1 is 1.06 bits per heavy atom. The molecule has 1 saturated carbocycles.